The van der Waals surface area contributed by atoms with Gasteiger partial charge in [-0.25, -0.2) is 0 Å². The van der Waals surface area contributed by atoms with E-state index in [2.05, 4.69) is 44.0 Å². The van der Waals surface area contributed by atoms with Crippen LogP contribution in [-0.4, -0.2) is 24.7 Å². The number of nitrogens with one attached hydrogen (secondary N) is 1. The molecule has 2 nitrogen and oxygen atoms in total. The SMILES string of the molecule is CCC1(CC)CN(c2ccc(Cl)cc2Cl)C(C(C)C)CN1. The minimum Gasteiger partial charge on any atom is -0.364 e. The van der Waals surface area contributed by atoms with Gasteiger partial charge in [-0.1, -0.05) is 50.9 Å². The highest BCUT2D eigenvalue weighted by Gasteiger charge is 2.38. The van der Waals surface area contributed by atoms with Crippen LogP contribution in [0.5, 0.6) is 0 Å². The van der Waals surface area contributed by atoms with Gasteiger partial charge in [-0.3, -0.25) is 0 Å². The Morgan fingerprint density at radius 2 is 1.95 bits per heavy atom. The second-order valence-electron chi connectivity index (χ2n) is 6.40. The Bertz CT molecular complexity index is 484. The monoisotopic (exact) mass is 328 g/mol. The smallest absolute Gasteiger partial charge is 0.0654 e. The molecule has 1 unspecified atom stereocenters. The predicted octanol–water partition coefficient (Wildman–Crippen LogP) is 4.99. The van der Waals surface area contributed by atoms with Gasteiger partial charge in [0, 0.05) is 29.7 Å². The summed E-state index contributed by atoms with van der Waals surface area (Å²) in [5.74, 6) is 0.566. The van der Waals surface area contributed by atoms with Crippen LogP contribution in [0.4, 0.5) is 5.69 Å². The van der Waals surface area contributed by atoms with E-state index in [1.165, 1.54) is 0 Å². The second kappa shape index (κ2) is 6.76. The highest BCUT2D eigenvalue weighted by Crippen LogP contribution is 2.35. The molecule has 21 heavy (non-hydrogen) atoms. The van der Waals surface area contributed by atoms with Crippen LogP contribution < -0.4 is 10.2 Å². The van der Waals surface area contributed by atoms with Gasteiger partial charge >= 0.3 is 0 Å². The maximum atomic E-state index is 6.47. The molecule has 0 amide bonds. The van der Waals surface area contributed by atoms with Crippen molar-refractivity contribution in [1.29, 1.82) is 0 Å². The Hall–Kier alpha value is -0.440. The number of anilines is 1. The van der Waals surface area contributed by atoms with Crippen LogP contribution in [0.2, 0.25) is 10.0 Å². The van der Waals surface area contributed by atoms with E-state index in [9.17, 15) is 0 Å². The van der Waals surface area contributed by atoms with Crippen molar-refractivity contribution < 1.29 is 0 Å². The summed E-state index contributed by atoms with van der Waals surface area (Å²) in [6.45, 7) is 11.0. The van der Waals surface area contributed by atoms with Gasteiger partial charge in [0.15, 0.2) is 0 Å². The van der Waals surface area contributed by atoms with Gasteiger partial charge < -0.3 is 10.2 Å². The zero-order valence-corrected chi connectivity index (χ0v) is 14.9. The first kappa shape index (κ1) is 16.9. The molecule has 1 aliphatic heterocycles. The topological polar surface area (TPSA) is 15.3 Å². The normalized spacial score (nSPS) is 21.9. The third-order valence-electron chi connectivity index (χ3n) is 4.90. The van der Waals surface area contributed by atoms with Crippen LogP contribution in [0.15, 0.2) is 18.2 Å². The summed E-state index contributed by atoms with van der Waals surface area (Å²) < 4.78 is 0. The lowest BCUT2D eigenvalue weighted by Crippen LogP contribution is -2.65. The molecule has 4 heteroatoms. The highest BCUT2D eigenvalue weighted by atomic mass is 35.5. The molecule has 0 aromatic heterocycles. The molecule has 0 aliphatic carbocycles. The largest absolute Gasteiger partial charge is 0.364 e. The maximum Gasteiger partial charge on any atom is 0.0654 e. The molecule has 1 N–H and O–H groups in total. The van der Waals surface area contributed by atoms with Crippen molar-refractivity contribution in [2.24, 2.45) is 5.92 Å². The number of piperazine rings is 1. The number of hydrogen-bond acceptors (Lipinski definition) is 2. The molecule has 0 saturated carbocycles. The average Bonchev–Trinajstić information content (AvgIpc) is 2.46. The molecule has 118 valence electrons. The number of benzene rings is 1. The lowest BCUT2D eigenvalue weighted by molar-refractivity contribution is 0.227. The minimum atomic E-state index is 0.175. The van der Waals surface area contributed by atoms with Crippen molar-refractivity contribution in [1.82, 2.24) is 5.32 Å². The van der Waals surface area contributed by atoms with Crippen LogP contribution in [0.1, 0.15) is 40.5 Å². The van der Waals surface area contributed by atoms with E-state index < -0.39 is 0 Å². The summed E-state index contributed by atoms with van der Waals surface area (Å²) in [5, 5.41) is 5.22. The van der Waals surface area contributed by atoms with Gasteiger partial charge in [-0.15, -0.1) is 0 Å². The molecule has 1 heterocycles. The van der Waals surface area contributed by atoms with E-state index in [1.807, 2.05) is 12.1 Å². The van der Waals surface area contributed by atoms with Crippen LogP contribution in [0, 0.1) is 5.92 Å². The quantitative estimate of drug-likeness (QED) is 0.837. The molecule has 1 fully saturated rings. The molecule has 1 atom stereocenters. The first-order valence-corrected chi connectivity index (χ1v) is 8.64. The van der Waals surface area contributed by atoms with E-state index in [-0.39, 0.29) is 5.54 Å². The van der Waals surface area contributed by atoms with Gasteiger partial charge in [-0.05, 0) is 37.0 Å². The van der Waals surface area contributed by atoms with Crippen molar-refractivity contribution >= 4 is 28.9 Å². The van der Waals surface area contributed by atoms with Gasteiger partial charge in [0.1, 0.15) is 0 Å². The average molecular weight is 329 g/mol. The summed E-state index contributed by atoms with van der Waals surface area (Å²) in [7, 11) is 0. The first-order chi connectivity index (χ1) is 9.92. The number of hydrogen-bond donors (Lipinski definition) is 1. The van der Waals surface area contributed by atoms with Crippen molar-refractivity contribution in [3.05, 3.63) is 28.2 Å². The summed E-state index contributed by atoms with van der Waals surface area (Å²) in [6, 6.07) is 6.29. The van der Waals surface area contributed by atoms with Gasteiger partial charge in [0.25, 0.3) is 0 Å². The summed E-state index contributed by atoms with van der Waals surface area (Å²) in [4.78, 5) is 2.48. The standard InChI is InChI=1S/C17H26Cl2N2/c1-5-17(6-2)11-21(16(10-20-17)12(3)4)15-8-7-13(18)9-14(15)19/h7-9,12,16,20H,5-6,10-11H2,1-4H3. The van der Waals surface area contributed by atoms with Crippen molar-refractivity contribution in [2.75, 3.05) is 18.0 Å². The maximum absolute atomic E-state index is 6.47. The van der Waals surface area contributed by atoms with Gasteiger partial charge in [0.2, 0.25) is 0 Å². The van der Waals surface area contributed by atoms with Gasteiger partial charge in [-0.2, -0.15) is 0 Å². The molecule has 1 aromatic carbocycles. The third kappa shape index (κ3) is 3.49. The summed E-state index contributed by atoms with van der Waals surface area (Å²) >= 11 is 12.5. The van der Waals surface area contributed by atoms with Crippen LogP contribution in [0.25, 0.3) is 0 Å². The van der Waals surface area contributed by atoms with Gasteiger partial charge in [0.05, 0.1) is 10.7 Å². The van der Waals surface area contributed by atoms with E-state index in [1.54, 1.807) is 0 Å². The van der Waals surface area contributed by atoms with Crippen LogP contribution in [-0.2, 0) is 0 Å². The van der Waals surface area contributed by atoms with Crippen molar-refractivity contribution in [2.45, 2.75) is 52.1 Å². The lowest BCUT2D eigenvalue weighted by atomic mass is 9.86. The van der Waals surface area contributed by atoms with Crippen LogP contribution >= 0.6 is 23.2 Å². The second-order valence-corrected chi connectivity index (χ2v) is 7.25. The number of nitrogens with zero attached hydrogens (tertiary/aromatic N) is 1. The zero-order chi connectivity index (χ0) is 15.6. The molecule has 1 aliphatic rings. The zero-order valence-electron chi connectivity index (χ0n) is 13.4. The molecule has 2 rings (SSSR count). The molecular weight excluding hydrogens is 303 g/mol. The molecule has 1 aromatic rings. The van der Waals surface area contributed by atoms with E-state index in [4.69, 9.17) is 23.2 Å². The highest BCUT2D eigenvalue weighted by molar-refractivity contribution is 6.36. The fourth-order valence-electron chi connectivity index (χ4n) is 3.23. The van der Waals surface area contributed by atoms with E-state index in [0.29, 0.717) is 17.0 Å². The molecule has 0 radical (unpaired) electrons. The Balaban J connectivity index is 2.38. The number of rotatable bonds is 4. The molecule has 0 spiro atoms. The Kier molecular flexibility index (Phi) is 5.45. The van der Waals surface area contributed by atoms with Crippen molar-refractivity contribution in [3.63, 3.8) is 0 Å². The summed E-state index contributed by atoms with van der Waals surface area (Å²) in [6.07, 6.45) is 2.24. The minimum absolute atomic E-state index is 0.175. The Morgan fingerprint density at radius 3 is 2.48 bits per heavy atom. The Morgan fingerprint density at radius 1 is 1.29 bits per heavy atom. The summed E-state index contributed by atoms with van der Waals surface area (Å²) in [5.41, 5.74) is 1.28. The van der Waals surface area contributed by atoms with Crippen LogP contribution in [0.3, 0.4) is 0 Å². The molecule has 1 saturated heterocycles. The third-order valence-corrected chi connectivity index (χ3v) is 5.44. The van der Waals surface area contributed by atoms with E-state index >= 15 is 0 Å². The number of halogens is 2. The molecule has 0 bridgehead atoms. The van der Waals surface area contributed by atoms with Crippen molar-refractivity contribution in [3.8, 4) is 0 Å². The predicted molar refractivity (Wildman–Crippen MR) is 93.7 cm³/mol. The van der Waals surface area contributed by atoms with E-state index in [0.717, 1.165) is 36.6 Å². The fraction of sp³-hybridized carbons (Fsp3) is 0.647. The fourth-order valence-corrected chi connectivity index (χ4v) is 3.74. The first-order valence-electron chi connectivity index (χ1n) is 7.89. The lowest BCUT2D eigenvalue weighted by Gasteiger charge is -2.50. The Labute approximate surface area is 138 Å². The molecular formula is C17H26Cl2N2.